The summed E-state index contributed by atoms with van der Waals surface area (Å²) in [6.07, 6.45) is 11.2. The van der Waals surface area contributed by atoms with E-state index >= 15 is 0 Å². The molecule has 10 heavy (non-hydrogen) atoms. The molecule has 54 valence electrons. The monoisotopic (exact) mass is 134 g/mol. The first-order valence-corrected chi connectivity index (χ1v) is 3.83. The highest BCUT2D eigenvalue weighted by atomic mass is 14.0. The lowest BCUT2D eigenvalue weighted by Gasteiger charge is -2.07. The third kappa shape index (κ3) is 1.60. The summed E-state index contributed by atoms with van der Waals surface area (Å²) in [7, 11) is 0. The quantitative estimate of drug-likeness (QED) is 0.516. The van der Waals surface area contributed by atoms with Crippen LogP contribution in [0.4, 0.5) is 0 Å². The number of hydrogen-bond acceptors (Lipinski definition) is 0. The molecule has 0 amide bonds. The average Bonchev–Trinajstić information content (AvgIpc) is 2.05. The van der Waals surface area contributed by atoms with Crippen molar-refractivity contribution in [3.8, 4) is 0 Å². The lowest BCUT2D eigenvalue weighted by molar-refractivity contribution is 0.967. The first-order valence-electron chi connectivity index (χ1n) is 3.83. The van der Waals surface area contributed by atoms with Crippen LogP contribution in [0.5, 0.6) is 0 Å². The fraction of sp³-hybridized carbons (Fsp3) is 0.400. The second kappa shape index (κ2) is 3.40. The van der Waals surface area contributed by atoms with Gasteiger partial charge in [0, 0.05) is 0 Å². The van der Waals surface area contributed by atoms with Crippen molar-refractivity contribution in [1.82, 2.24) is 0 Å². The van der Waals surface area contributed by atoms with E-state index in [2.05, 4.69) is 38.2 Å². The molecule has 0 nitrogen and oxygen atoms in total. The van der Waals surface area contributed by atoms with E-state index in [9.17, 15) is 0 Å². The topological polar surface area (TPSA) is 0 Å². The van der Waals surface area contributed by atoms with Crippen molar-refractivity contribution in [2.24, 2.45) is 0 Å². The highest BCUT2D eigenvalue weighted by Crippen LogP contribution is 2.18. The molecule has 0 aromatic rings. The largest absolute Gasteiger partial charge is 0.0844 e. The molecule has 1 rings (SSSR count). The Morgan fingerprint density at radius 2 is 2.40 bits per heavy atom. The van der Waals surface area contributed by atoms with Gasteiger partial charge in [0.05, 0.1) is 0 Å². The molecule has 0 aromatic carbocycles. The number of rotatable bonds is 1. The molecule has 0 fully saturated rings. The molecule has 0 unspecified atom stereocenters. The molecule has 0 saturated heterocycles. The van der Waals surface area contributed by atoms with E-state index in [0.29, 0.717) is 0 Å². The zero-order valence-electron chi connectivity index (χ0n) is 6.72. The fourth-order valence-corrected chi connectivity index (χ4v) is 1.12. The Morgan fingerprint density at radius 3 is 2.90 bits per heavy atom. The summed E-state index contributed by atoms with van der Waals surface area (Å²) in [5.41, 5.74) is 2.91. The Hall–Kier alpha value is -0.780. The average molecular weight is 134 g/mol. The zero-order valence-corrected chi connectivity index (χ0v) is 6.72. The van der Waals surface area contributed by atoms with E-state index < -0.39 is 0 Å². The molecule has 0 aromatic heterocycles. The Balaban J connectivity index is 2.72. The van der Waals surface area contributed by atoms with Crippen molar-refractivity contribution in [3.05, 3.63) is 35.5 Å². The molecule has 0 aliphatic heterocycles. The zero-order chi connectivity index (χ0) is 7.40. The van der Waals surface area contributed by atoms with Gasteiger partial charge in [-0.25, -0.2) is 0 Å². The van der Waals surface area contributed by atoms with Crippen molar-refractivity contribution in [3.63, 3.8) is 0 Å². The molecule has 0 atom stereocenters. The molecule has 0 N–H and O–H groups in total. The number of hydrogen-bond donors (Lipinski definition) is 0. The van der Waals surface area contributed by atoms with Gasteiger partial charge in [-0.15, -0.1) is 0 Å². The summed E-state index contributed by atoms with van der Waals surface area (Å²) < 4.78 is 0. The van der Waals surface area contributed by atoms with Crippen molar-refractivity contribution in [1.29, 1.82) is 0 Å². The lowest BCUT2D eigenvalue weighted by atomic mass is 9.98. The van der Waals surface area contributed by atoms with Crippen molar-refractivity contribution >= 4 is 0 Å². The van der Waals surface area contributed by atoms with Gasteiger partial charge in [0.2, 0.25) is 0 Å². The minimum Gasteiger partial charge on any atom is -0.0844 e. The van der Waals surface area contributed by atoms with Gasteiger partial charge in [0.15, 0.2) is 0 Å². The maximum absolute atomic E-state index is 2.21. The second-order valence-corrected chi connectivity index (χ2v) is 2.63. The van der Waals surface area contributed by atoms with Crippen molar-refractivity contribution in [2.75, 3.05) is 0 Å². The molecule has 1 aliphatic carbocycles. The highest BCUT2D eigenvalue weighted by molar-refractivity contribution is 5.34. The van der Waals surface area contributed by atoms with Crippen molar-refractivity contribution in [2.45, 2.75) is 26.7 Å². The highest BCUT2D eigenvalue weighted by Gasteiger charge is 1.99. The van der Waals surface area contributed by atoms with Gasteiger partial charge in [0.1, 0.15) is 0 Å². The first-order chi connectivity index (χ1) is 4.84. The number of allylic oxidation sites excluding steroid dienone is 6. The van der Waals surface area contributed by atoms with Crippen LogP contribution in [0.3, 0.4) is 0 Å². The van der Waals surface area contributed by atoms with Crippen LogP contribution >= 0.6 is 0 Å². The predicted octanol–water partition coefficient (Wildman–Crippen LogP) is 3.23. The van der Waals surface area contributed by atoms with Crippen molar-refractivity contribution < 1.29 is 0 Å². The normalized spacial score (nSPS) is 19.0. The Kier molecular flexibility index (Phi) is 2.49. The van der Waals surface area contributed by atoms with E-state index in [1.54, 1.807) is 0 Å². The summed E-state index contributed by atoms with van der Waals surface area (Å²) in [6.45, 7) is 4.26. The van der Waals surface area contributed by atoms with Crippen LogP contribution in [0.1, 0.15) is 26.7 Å². The van der Waals surface area contributed by atoms with E-state index in [4.69, 9.17) is 0 Å². The molecule has 0 radical (unpaired) electrons. The molecule has 1 aliphatic rings. The summed E-state index contributed by atoms with van der Waals surface area (Å²) in [6, 6.07) is 0. The minimum atomic E-state index is 1.21. The van der Waals surface area contributed by atoms with Gasteiger partial charge >= 0.3 is 0 Å². The SMILES string of the molecule is C/C=C(\C)C1=CC=CCC1. The maximum atomic E-state index is 2.21. The first kappa shape index (κ1) is 7.33. The summed E-state index contributed by atoms with van der Waals surface area (Å²) in [5, 5.41) is 0. The van der Waals surface area contributed by atoms with E-state index in [1.807, 2.05) is 0 Å². The lowest BCUT2D eigenvalue weighted by Crippen LogP contribution is -1.87. The molecular weight excluding hydrogens is 120 g/mol. The van der Waals surface area contributed by atoms with Crippen LogP contribution in [0.15, 0.2) is 35.5 Å². The molecule has 0 spiro atoms. The Bertz CT molecular complexity index is 192. The summed E-state index contributed by atoms with van der Waals surface area (Å²) in [5.74, 6) is 0. The van der Waals surface area contributed by atoms with Gasteiger partial charge in [-0.05, 0) is 32.3 Å². The smallest absolute Gasteiger partial charge is 0.0242 e. The van der Waals surface area contributed by atoms with Crippen LogP contribution in [0, 0.1) is 0 Å². The van der Waals surface area contributed by atoms with Crippen LogP contribution < -0.4 is 0 Å². The predicted molar refractivity (Wildman–Crippen MR) is 45.9 cm³/mol. The maximum Gasteiger partial charge on any atom is -0.0242 e. The Morgan fingerprint density at radius 1 is 1.60 bits per heavy atom. The van der Waals surface area contributed by atoms with E-state index in [1.165, 1.54) is 24.0 Å². The summed E-state index contributed by atoms with van der Waals surface area (Å²) >= 11 is 0. The molecule has 0 heterocycles. The molecule has 0 saturated carbocycles. The van der Waals surface area contributed by atoms with Gasteiger partial charge < -0.3 is 0 Å². The Labute approximate surface area is 62.9 Å². The summed E-state index contributed by atoms with van der Waals surface area (Å²) in [4.78, 5) is 0. The molecular formula is C10H14. The van der Waals surface area contributed by atoms with Crippen LogP contribution in [0.2, 0.25) is 0 Å². The molecule has 0 bridgehead atoms. The van der Waals surface area contributed by atoms with E-state index in [0.717, 1.165) is 0 Å². The molecule has 0 heteroatoms. The van der Waals surface area contributed by atoms with Gasteiger partial charge in [-0.3, -0.25) is 0 Å². The van der Waals surface area contributed by atoms with Gasteiger partial charge in [0.25, 0.3) is 0 Å². The third-order valence-electron chi connectivity index (χ3n) is 1.95. The standard InChI is InChI=1S/C10H14/c1-3-9(2)10-7-5-4-6-8-10/h3-5,7H,6,8H2,1-2H3/b9-3+. The van der Waals surface area contributed by atoms with Gasteiger partial charge in [-0.2, -0.15) is 0 Å². The van der Waals surface area contributed by atoms with Gasteiger partial charge in [-0.1, -0.05) is 29.9 Å². The third-order valence-corrected chi connectivity index (χ3v) is 1.95. The van der Waals surface area contributed by atoms with E-state index in [-0.39, 0.29) is 0 Å². The van der Waals surface area contributed by atoms with Crippen LogP contribution in [0.25, 0.3) is 0 Å². The fourth-order valence-electron chi connectivity index (χ4n) is 1.12. The van der Waals surface area contributed by atoms with Crippen LogP contribution in [-0.4, -0.2) is 0 Å². The van der Waals surface area contributed by atoms with Crippen LogP contribution in [-0.2, 0) is 0 Å². The minimum absolute atomic E-state index is 1.21. The second-order valence-electron chi connectivity index (χ2n) is 2.63.